The van der Waals surface area contributed by atoms with E-state index in [4.69, 9.17) is 14.5 Å². The van der Waals surface area contributed by atoms with Crippen LogP contribution in [0.15, 0.2) is 77.8 Å². The van der Waals surface area contributed by atoms with E-state index in [1.165, 1.54) is 4.88 Å². The highest BCUT2D eigenvalue weighted by Gasteiger charge is 2.25. The molecule has 3 aromatic carbocycles. The zero-order chi connectivity index (χ0) is 26.3. The van der Waals surface area contributed by atoms with E-state index in [1.54, 1.807) is 30.7 Å². The molecule has 1 aliphatic rings. The number of hydrogen-bond acceptors (Lipinski definition) is 6. The first-order valence-corrected chi connectivity index (χ1v) is 13.3. The number of hydrogen-bond donors (Lipinski definition) is 1. The predicted octanol–water partition coefficient (Wildman–Crippen LogP) is 7.09. The molecule has 1 aliphatic carbocycles. The number of amides is 1. The maximum Gasteiger partial charge on any atom is 0.259 e. The number of nitriles is 1. The number of ether oxygens (including phenoxy) is 2. The first-order valence-electron chi connectivity index (χ1n) is 12.5. The number of methoxy groups -OCH3 is 1. The molecule has 0 fully saturated rings. The molecule has 0 bridgehead atoms. The van der Waals surface area contributed by atoms with Gasteiger partial charge in [-0.15, -0.1) is 11.3 Å². The Kier molecular flexibility index (Phi) is 7.81. The first kappa shape index (κ1) is 25.2. The molecular formula is C31H27N3O3S. The van der Waals surface area contributed by atoms with Gasteiger partial charge >= 0.3 is 0 Å². The lowest BCUT2D eigenvalue weighted by molar-refractivity contribution is 0.102. The molecule has 0 saturated heterocycles. The smallest absolute Gasteiger partial charge is 0.259 e. The Morgan fingerprint density at radius 1 is 1.05 bits per heavy atom. The van der Waals surface area contributed by atoms with Gasteiger partial charge in [0.25, 0.3) is 5.91 Å². The number of benzene rings is 3. The van der Waals surface area contributed by atoms with Crippen LogP contribution in [0.2, 0.25) is 0 Å². The van der Waals surface area contributed by atoms with Gasteiger partial charge in [0.05, 0.1) is 24.3 Å². The summed E-state index contributed by atoms with van der Waals surface area (Å²) >= 11 is 1.60. The monoisotopic (exact) mass is 521 g/mol. The molecule has 0 spiro atoms. The lowest BCUT2D eigenvalue weighted by Crippen LogP contribution is -2.14. The van der Waals surface area contributed by atoms with E-state index in [2.05, 4.69) is 11.4 Å². The number of carbonyl (C=O) groups excluding carboxylic acids is 1. The standard InChI is InChI=1S/C31H27N3O3S/c1-36-27-17-21(15-16-26(27)37-20-23-10-6-5-9-22(23)18-32)19-33-31-29(25-13-7-8-14-28(25)38-31)30(35)34-24-11-3-2-4-12-24/h2-6,9-12,15-17,19H,7-8,13-14,20H2,1H3,(H,34,35). The van der Waals surface area contributed by atoms with Gasteiger partial charge in [0, 0.05) is 22.3 Å². The number of nitrogens with one attached hydrogen (secondary N) is 1. The maximum atomic E-state index is 13.3. The third-order valence-corrected chi connectivity index (χ3v) is 7.65. The molecule has 1 N–H and O–H groups in total. The zero-order valence-corrected chi connectivity index (χ0v) is 21.9. The molecule has 0 unspecified atom stereocenters. The van der Waals surface area contributed by atoms with E-state index in [9.17, 15) is 10.1 Å². The van der Waals surface area contributed by atoms with Crippen LogP contribution in [0, 0.1) is 11.3 Å². The molecule has 0 saturated carbocycles. The lowest BCUT2D eigenvalue weighted by Gasteiger charge is -2.13. The molecule has 0 atom stereocenters. The number of fused-ring (bicyclic) bond motifs is 1. The van der Waals surface area contributed by atoms with Crippen molar-refractivity contribution >= 4 is 34.1 Å². The van der Waals surface area contributed by atoms with E-state index in [1.807, 2.05) is 66.7 Å². The van der Waals surface area contributed by atoms with Gasteiger partial charge in [-0.1, -0.05) is 36.4 Å². The Labute approximate surface area is 226 Å². The number of aryl methyl sites for hydroxylation is 1. The fourth-order valence-electron chi connectivity index (χ4n) is 4.52. The summed E-state index contributed by atoms with van der Waals surface area (Å²) in [7, 11) is 1.59. The minimum Gasteiger partial charge on any atom is -0.493 e. The van der Waals surface area contributed by atoms with E-state index < -0.39 is 0 Å². The third kappa shape index (κ3) is 5.61. The Bertz CT molecular complexity index is 1520. The average Bonchev–Trinajstić information content (AvgIpc) is 3.34. The highest BCUT2D eigenvalue weighted by Crippen LogP contribution is 2.40. The summed E-state index contributed by atoms with van der Waals surface area (Å²) < 4.78 is 11.5. The molecule has 7 heteroatoms. The van der Waals surface area contributed by atoms with Crippen LogP contribution in [-0.4, -0.2) is 19.2 Å². The van der Waals surface area contributed by atoms with Gasteiger partial charge in [-0.05, 0) is 73.2 Å². The number of anilines is 1. The summed E-state index contributed by atoms with van der Waals surface area (Å²) in [5, 5.41) is 13.1. The van der Waals surface area contributed by atoms with Gasteiger partial charge < -0.3 is 14.8 Å². The molecule has 190 valence electrons. The molecule has 1 amide bonds. The molecule has 1 heterocycles. The minimum atomic E-state index is -0.123. The van der Waals surface area contributed by atoms with E-state index in [0.29, 0.717) is 22.6 Å². The third-order valence-electron chi connectivity index (χ3n) is 6.45. The van der Waals surface area contributed by atoms with Crippen LogP contribution in [0.5, 0.6) is 11.5 Å². The molecule has 5 rings (SSSR count). The van der Waals surface area contributed by atoms with Crippen molar-refractivity contribution in [2.24, 2.45) is 4.99 Å². The van der Waals surface area contributed by atoms with E-state index in [-0.39, 0.29) is 12.5 Å². The largest absolute Gasteiger partial charge is 0.493 e. The van der Waals surface area contributed by atoms with Gasteiger partial charge in [-0.3, -0.25) is 4.79 Å². The summed E-state index contributed by atoms with van der Waals surface area (Å²) in [4.78, 5) is 19.3. The molecule has 0 aliphatic heterocycles. The minimum absolute atomic E-state index is 0.123. The lowest BCUT2D eigenvalue weighted by atomic mass is 9.95. The SMILES string of the molecule is COc1cc(C=Nc2sc3c(c2C(=O)Nc2ccccc2)CCCC3)ccc1OCc1ccccc1C#N. The number of nitrogens with zero attached hydrogens (tertiary/aromatic N) is 2. The summed E-state index contributed by atoms with van der Waals surface area (Å²) in [5.74, 6) is 1.02. The summed E-state index contributed by atoms with van der Waals surface area (Å²) in [6, 6.07) is 24.6. The highest BCUT2D eigenvalue weighted by molar-refractivity contribution is 7.16. The number of thiophene rings is 1. The number of para-hydroxylation sites is 1. The first-order chi connectivity index (χ1) is 18.7. The van der Waals surface area contributed by atoms with Crippen LogP contribution >= 0.6 is 11.3 Å². The van der Waals surface area contributed by atoms with Gasteiger partial charge in [0.15, 0.2) is 11.5 Å². The van der Waals surface area contributed by atoms with Gasteiger partial charge in [-0.25, -0.2) is 4.99 Å². The number of carbonyl (C=O) groups is 1. The van der Waals surface area contributed by atoms with E-state index in [0.717, 1.165) is 53.1 Å². The van der Waals surface area contributed by atoms with Crippen molar-refractivity contribution in [1.82, 2.24) is 0 Å². The molecule has 6 nitrogen and oxygen atoms in total. The normalized spacial score (nSPS) is 12.5. The highest BCUT2D eigenvalue weighted by atomic mass is 32.1. The van der Waals surface area contributed by atoms with Crippen molar-refractivity contribution in [3.63, 3.8) is 0 Å². The van der Waals surface area contributed by atoms with Gasteiger partial charge in [0.1, 0.15) is 11.6 Å². The summed E-state index contributed by atoms with van der Waals surface area (Å²) in [6.07, 6.45) is 5.85. The van der Waals surface area contributed by atoms with Crippen LogP contribution in [0.1, 0.15) is 50.3 Å². The quantitative estimate of drug-likeness (QED) is 0.251. The van der Waals surface area contributed by atoms with Crippen molar-refractivity contribution in [2.45, 2.75) is 32.3 Å². The topological polar surface area (TPSA) is 83.7 Å². The second-order valence-electron chi connectivity index (χ2n) is 8.94. The van der Waals surface area contributed by atoms with Crippen LogP contribution in [0.3, 0.4) is 0 Å². The number of aliphatic imine (C=N–C) groups is 1. The summed E-state index contributed by atoms with van der Waals surface area (Å²) in [5.41, 5.74) is 4.79. The predicted molar refractivity (Wildman–Crippen MR) is 151 cm³/mol. The van der Waals surface area contributed by atoms with Crippen LogP contribution < -0.4 is 14.8 Å². The van der Waals surface area contributed by atoms with Crippen molar-refractivity contribution in [3.8, 4) is 17.6 Å². The Morgan fingerprint density at radius 2 is 1.84 bits per heavy atom. The molecule has 38 heavy (non-hydrogen) atoms. The molecule has 0 radical (unpaired) electrons. The second-order valence-corrected chi connectivity index (χ2v) is 10.0. The van der Waals surface area contributed by atoms with Crippen LogP contribution in [0.4, 0.5) is 10.7 Å². The van der Waals surface area contributed by atoms with Crippen molar-refractivity contribution < 1.29 is 14.3 Å². The van der Waals surface area contributed by atoms with Crippen LogP contribution in [-0.2, 0) is 19.4 Å². The number of rotatable bonds is 8. The van der Waals surface area contributed by atoms with Crippen molar-refractivity contribution in [3.05, 3.63) is 105 Å². The zero-order valence-electron chi connectivity index (χ0n) is 21.1. The van der Waals surface area contributed by atoms with E-state index >= 15 is 0 Å². The van der Waals surface area contributed by atoms with Gasteiger partial charge in [0.2, 0.25) is 0 Å². The molecule has 1 aromatic heterocycles. The second kappa shape index (κ2) is 11.8. The molecule has 4 aromatic rings. The van der Waals surface area contributed by atoms with Gasteiger partial charge in [-0.2, -0.15) is 5.26 Å². The Hall–Kier alpha value is -4.41. The molecular weight excluding hydrogens is 494 g/mol. The fourth-order valence-corrected chi connectivity index (χ4v) is 5.75. The maximum absolute atomic E-state index is 13.3. The fraction of sp³-hybridized carbons (Fsp3) is 0.194. The van der Waals surface area contributed by atoms with Crippen molar-refractivity contribution in [1.29, 1.82) is 5.26 Å². The average molecular weight is 522 g/mol. The summed E-state index contributed by atoms with van der Waals surface area (Å²) in [6.45, 7) is 0.258. The van der Waals surface area contributed by atoms with Crippen molar-refractivity contribution in [2.75, 3.05) is 12.4 Å². The Balaban J connectivity index is 1.38. The van der Waals surface area contributed by atoms with Crippen LogP contribution in [0.25, 0.3) is 0 Å². The Morgan fingerprint density at radius 3 is 2.66 bits per heavy atom.